The molecule has 2 aromatic rings. The summed E-state index contributed by atoms with van der Waals surface area (Å²) < 4.78 is 5.48. The van der Waals surface area contributed by atoms with Gasteiger partial charge >= 0.3 is 0 Å². The Kier molecular flexibility index (Phi) is 3.06. The molecule has 16 heavy (non-hydrogen) atoms. The minimum Gasteiger partial charge on any atom is -0.444 e. The number of rotatable bonds is 3. The van der Waals surface area contributed by atoms with Gasteiger partial charge in [-0.05, 0) is 33.0 Å². The van der Waals surface area contributed by atoms with Crippen LogP contribution in [0.4, 0.5) is 0 Å². The Bertz CT molecular complexity index is 476. The molecule has 0 aliphatic heterocycles. The van der Waals surface area contributed by atoms with E-state index in [9.17, 15) is 0 Å². The SMILES string of the molecule is CNC(C)c1coc(-c2cccc(C)c2)n1. The van der Waals surface area contributed by atoms with E-state index in [2.05, 4.69) is 36.3 Å². The van der Waals surface area contributed by atoms with Crippen molar-refractivity contribution in [3.05, 3.63) is 41.8 Å². The Balaban J connectivity index is 2.31. The van der Waals surface area contributed by atoms with E-state index in [1.807, 2.05) is 19.2 Å². The van der Waals surface area contributed by atoms with E-state index in [1.165, 1.54) is 5.56 Å². The number of oxazole rings is 1. The summed E-state index contributed by atoms with van der Waals surface area (Å²) in [6.45, 7) is 4.11. The van der Waals surface area contributed by atoms with Gasteiger partial charge in [0.15, 0.2) is 0 Å². The van der Waals surface area contributed by atoms with E-state index in [1.54, 1.807) is 6.26 Å². The van der Waals surface area contributed by atoms with Gasteiger partial charge in [0.2, 0.25) is 5.89 Å². The first-order valence-electron chi connectivity index (χ1n) is 5.40. The van der Waals surface area contributed by atoms with Crippen molar-refractivity contribution < 1.29 is 4.42 Å². The molecule has 0 bridgehead atoms. The molecule has 84 valence electrons. The molecule has 0 saturated heterocycles. The van der Waals surface area contributed by atoms with E-state index < -0.39 is 0 Å². The lowest BCUT2D eigenvalue weighted by Crippen LogP contribution is -2.12. The van der Waals surface area contributed by atoms with Gasteiger partial charge in [-0.25, -0.2) is 4.98 Å². The van der Waals surface area contributed by atoms with E-state index in [0.717, 1.165) is 11.3 Å². The fourth-order valence-electron chi connectivity index (χ4n) is 1.54. The Hall–Kier alpha value is -1.61. The van der Waals surface area contributed by atoms with Crippen molar-refractivity contribution in [2.24, 2.45) is 0 Å². The second-order valence-electron chi connectivity index (χ2n) is 3.96. The van der Waals surface area contributed by atoms with Crippen LogP contribution >= 0.6 is 0 Å². The number of hydrogen-bond acceptors (Lipinski definition) is 3. The minimum absolute atomic E-state index is 0.210. The number of hydrogen-bond donors (Lipinski definition) is 1. The van der Waals surface area contributed by atoms with Gasteiger partial charge in [0, 0.05) is 11.6 Å². The van der Waals surface area contributed by atoms with E-state index in [-0.39, 0.29) is 6.04 Å². The van der Waals surface area contributed by atoms with Gasteiger partial charge in [0.1, 0.15) is 6.26 Å². The summed E-state index contributed by atoms with van der Waals surface area (Å²) in [6, 6.07) is 8.36. The average Bonchev–Trinajstić information content (AvgIpc) is 2.77. The van der Waals surface area contributed by atoms with Crippen molar-refractivity contribution in [1.82, 2.24) is 10.3 Å². The Morgan fingerprint density at radius 1 is 1.38 bits per heavy atom. The van der Waals surface area contributed by atoms with Gasteiger partial charge in [0.25, 0.3) is 0 Å². The predicted molar refractivity (Wildman–Crippen MR) is 64.2 cm³/mol. The maximum absolute atomic E-state index is 5.48. The normalized spacial score (nSPS) is 12.7. The van der Waals surface area contributed by atoms with Gasteiger partial charge in [-0.2, -0.15) is 0 Å². The Morgan fingerprint density at radius 2 is 2.19 bits per heavy atom. The fraction of sp³-hybridized carbons (Fsp3) is 0.308. The minimum atomic E-state index is 0.210. The zero-order chi connectivity index (χ0) is 11.5. The summed E-state index contributed by atoms with van der Waals surface area (Å²) in [7, 11) is 1.91. The number of nitrogens with one attached hydrogen (secondary N) is 1. The maximum atomic E-state index is 5.48. The molecule has 1 aromatic heterocycles. The lowest BCUT2D eigenvalue weighted by atomic mass is 10.1. The van der Waals surface area contributed by atoms with Crippen LogP contribution in [-0.2, 0) is 0 Å². The van der Waals surface area contributed by atoms with Crippen LogP contribution in [0.3, 0.4) is 0 Å². The molecule has 0 saturated carbocycles. The first-order chi connectivity index (χ1) is 7.70. The highest BCUT2D eigenvalue weighted by Crippen LogP contribution is 2.21. The van der Waals surface area contributed by atoms with E-state index >= 15 is 0 Å². The van der Waals surface area contributed by atoms with Crippen LogP contribution in [0.15, 0.2) is 34.9 Å². The molecule has 0 aliphatic carbocycles. The van der Waals surface area contributed by atoms with Crippen LogP contribution in [0.5, 0.6) is 0 Å². The molecule has 0 amide bonds. The van der Waals surface area contributed by atoms with Crippen LogP contribution in [0.1, 0.15) is 24.2 Å². The summed E-state index contributed by atoms with van der Waals surface area (Å²) in [5, 5.41) is 3.13. The van der Waals surface area contributed by atoms with Gasteiger partial charge in [-0.3, -0.25) is 0 Å². The second kappa shape index (κ2) is 4.49. The third-order valence-electron chi connectivity index (χ3n) is 2.66. The smallest absolute Gasteiger partial charge is 0.226 e. The zero-order valence-electron chi connectivity index (χ0n) is 9.82. The lowest BCUT2D eigenvalue weighted by Gasteiger charge is -2.03. The van der Waals surface area contributed by atoms with E-state index in [4.69, 9.17) is 4.42 Å². The molecule has 3 heteroatoms. The molecular formula is C13H16N2O. The molecule has 1 aromatic carbocycles. The highest BCUT2D eigenvalue weighted by atomic mass is 16.3. The highest BCUT2D eigenvalue weighted by molar-refractivity contribution is 5.54. The molecule has 0 fully saturated rings. The lowest BCUT2D eigenvalue weighted by molar-refractivity contribution is 0.564. The molecule has 0 aliphatic rings. The molecule has 3 nitrogen and oxygen atoms in total. The summed E-state index contributed by atoms with van der Waals surface area (Å²) in [6.07, 6.45) is 1.71. The number of aryl methyl sites for hydroxylation is 1. The highest BCUT2D eigenvalue weighted by Gasteiger charge is 2.10. The first kappa shape index (κ1) is 10.9. The fourth-order valence-corrected chi connectivity index (χ4v) is 1.54. The molecule has 1 heterocycles. The average molecular weight is 216 g/mol. The topological polar surface area (TPSA) is 38.1 Å². The van der Waals surface area contributed by atoms with Gasteiger partial charge < -0.3 is 9.73 Å². The molecule has 1 atom stereocenters. The van der Waals surface area contributed by atoms with Crippen molar-refractivity contribution in [3.8, 4) is 11.5 Å². The second-order valence-corrected chi connectivity index (χ2v) is 3.96. The quantitative estimate of drug-likeness (QED) is 0.857. The van der Waals surface area contributed by atoms with Crippen LogP contribution in [0, 0.1) is 6.92 Å². The summed E-state index contributed by atoms with van der Waals surface area (Å²) in [5.74, 6) is 0.681. The van der Waals surface area contributed by atoms with Crippen molar-refractivity contribution in [2.45, 2.75) is 19.9 Å². The van der Waals surface area contributed by atoms with Gasteiger partial charge in [-0.1, -0.05) is 17.7 Å². The molecule has 0 radical (unpaired) electrons. The summed E-state index contributed by atoms with van der Waals surface area (Å²) >= 11 is 0. The third-order valence-corrected chi connectivity index (χ3v) is 2.66. The number of nitrogens with zero attached hydrogens (tertiary/aromatic N) is 1. The number of aromatic nitrogens is 1. The largest absolute Gasteiger partial charge is 0.444 e. The van der Waals surface area contributed by atoms with Crippen LogP contribution in [0.2, 0.25) is 0 Å². The Morgan fingerprint density at radius 3 is 2.88 bits per heavy atom. The Labute approximate surface area is 95.5 Å². The van der Waals surface area contributed by atoms with Gasteiger partial charge in [-0.15, -0.1) is 0 Å². The summed E-state index contributed by atoms with van der Waals surface area (Å²) in [5.41, 5.74) is 3.16. The first-order valence-corrected chi connectivity index (χ1v) is 5.40. The van der Waals surface area contributed by atoms with Crippen molar-refractivity contribution in [3.63, 3.8) is 0 Å². The summed E-state index contributed by atoms with van der Waals surface area (Å²) in [4.78, 5) is 4.46. The van der Waals surface area contributed by atoms with Crippen LogP contribution in [-0.4, -0.2) is 12.0 Å². The van der Waals surface area contributed by atoms with Crippen molar-refractivity contribution in [2.75, 3.05) is 7.05 Å². The molecule has 1 N–H and O–H groups in total. The number of benzene rings is 1. The molecular weight excluding hydrogens is 200 g/mol. The van der Waals surface area contributed by atoms with Crippen molar-refractivity contribution >= 4 is 0 Å². The third kappa shape index (κ3) is 2.14. The maximum Gasteiger partial charge on any atom is 0.226 e. The van der Waals surface area contributed by atoms with E-state index in [0.29, 0.717) is 5.89 Å². The molecule has 2 rings (SSSR count). The van der Waals surface area contributed by atoms with Crippen molar-refractivity contribution in [1.29, 1.82) is 0 Å². The standard InChI is InChI=1S/C13H16N2O/c1-9-5-4-6-11(7-9)13-15-12(8-16-13)10(2)14-3/h4-8,10,14H,1-3H3. The predicted octanol–water partition coefficient (Wildman–Crippen LogP) is 2.93. The zero-order valence-corrected chi connectivity index (χ0v) is 9.82. The van der Waals surface area contributed by atoms with Crippen LogP contribution in [0.25, 0.3) is 11.5 Å². The monoisotopic (exact) mass is 216 g/mol. The van der Waals surface area contributed by atoms with Crippen LogP contribution < -0.4 is 5.32 Å². The molecule has 1 unspecified atom stereocenters. The molecule has 0 spiro atoms. The van der Waals surface area contributed by atoms with Gasteiger partial charge in [0.05, 0.1) is 5.69 Å².